The number of rotatable bonds is 5. The number of nitrogens with zero attached hydrogens (tertiary/aromatic N) is 2. The number of thioether (sulfide) groups is 1. The standard InChI is InChI=1S/C22H24ClN5O2S/c1-13-8-17(18(30-2)9-16(13)23)27-19(29)12-31-21-15(11-25)22(6-4-3-5-7-22)14(10-24)20(26)28-21/h8-9,28H,3-7,12,26H2,1-2H3,(H,27,29). The number of allylic oxidation sites excluding steroid dienone is 2. The van der Waals surface area contributed by atoms with E-state index in [9.17, 15) is 15.3 Å². The molecule has 1 fully saturated rings. The van der Waals surface area contributed by atoms with Gasteiger partial charge in [0.25, 0.3) is 0 Å². The number of nitrogens with two attached hydrogens (primary N) is 1. The molecular formula is C22H24ClN5O2S. The van der Waals surface area contributed by atoms with Gasteiger partial charge in [-0.1, -0.05) is 42.6 Å². The van der Waals surface area contributed by atoms with Crippen LogP contribution in [0.1, 0.15) is 37.7 Å². The van der Waals surface area contributed by atoms with Gasteiger partial charge in [0.2, 0.25) is 5.91 Å². The zero-order valence-electron chi connectivity index (χ0n) is 17.5. The molecule has 1 aromatic rings. The molecule has 0 bridgehead atoms. The van der Waals surface area contributed by atoms with Crippen LogP contribution in [0.2, 0.25) is 5.02 Å². The lowest BCUT2D eigenvalue weighted by atomic mass is 9.64. The number of nitrogens with one attached hydrogen (secondary N) is 2. The second-order valence-electron chi connectivity index (χ2n) is 7.62. The number of nitriles is 2. The van der Waals surface area contributed by atoms with Crippen molar-refractivity contribution < 1.29 is 9.53 Å². The molecule has 7 nitrogen and oxygen atoms in total. The van der Waals surface area contributed by atoms with Crippen molar-refractivity contribution in [2.24, 2.45) is 11.1 Å². The molecule has 1 aliphatic carbocycles. The summed E-state index contributed by atoms with van der Waals surface area (Å²) in [6.07, 6.45) is 4.34. The van der Waals surface area contributed by atoms with E-state index < -0.39 is 5.41 Å². The molecule has 0 saturated heterocycles. The summed E-state index contributed by atoms with van der Waals surface area (Å²) in [6, 6.07) is 7.91. The van der Waals surface area contributed by atoms with Gasteiger partial charge in [0.1, 0.15) is 11.6 Å². The minimum absolute atomic E-state index is 0.0591. The first-order valence-corrected chi connectivity index (χ1v) is 11.3. The molecule has 1 spiro atoms. The summed E-state index contributed by atoms with van der Waals surface area (Å²) in [6.45, 7) is 1.84. The van der Waals surface area contributed by atoms with Gasteiger partial charge in [-0.3, -0.25) is 4.79 Å². The van der Waals surface area contributed by atoms with Crippen LogP contribution in [0.5, 0.6) is 5.75 Å². The maximum atomic E-state index is 12.6. The maximum absolute atomic E-state index is 12.6. The SMILES string of the molecule is COc1cc(Cl)c(C)cc1NC(=O)CSC1=C(C#N)C2(CCCCC2)C(C#N)=C(N)N1. The highest BCUT2D eigenvalue weighted by Crippen LogP contribution is 2.51. The monoisotopic (exact) mass is 457 g/mol. The van der Waals surface area contributed by atoms with Crippen LogP contribution in [0.4, 0.5) is 5.69 Å². The summed E-state index contributed by atoms with van der Waals surface area (Å²) in [5.41, 5.74) is 7.76. The van der Waals surface area contributed by atoms with Gasteiger partial charge in [-0.15, -0.1) is 0 Å². The molecule has 1 aromatic carbocycles. The Hall–Kier alpha value is -2.81. The number of carbonyl (C=O) groups is 1. The molecule has 0 radical (unpaired) electrons. The Kier molecular flexibility index (Phi) is 7.04. The van der Waals surface area contributed by atoms with Crippen molar-refractivity contribution in [3.63, 3.8) is 0 Å². The lowest BCUT2D eigenvalue weighted by Crippen LogP contribution is -2.39. The molecule has 0 atom stereocenters. The average molecular weight is 458 g/mol. The molecule has 1 aliphatic heterocycles. The van der Waals surface area contributed by atoms with E-state index in [-0.39, 0.29) is 17.5 Å². The fourth-order valence-corrected chi connectivity index (χ4v) is 5.26. The Morgan fingerprint density at radius 2 is 1.97 bits per heavy atom. The molecule has 2 aliphatic rings. The van der Waals surface area contributed by atoms with E-state index in [1.807, 2.05) is 6.92 Å². The Bertz CT molecular complexity index is 1050. The molecule has 4 N–H and O–H groups in total. The van der Waals surface area contributed by atoms with Crippen molar-refractivity contribution in [1.82, 2.24) is 5.32 Å². The predicted octanol–water partition coefficient (Wildman–Crippen LogP) is 4.31. The summed E-state index contributed by atoms with van der Waals surface area (Å²) in [5, 5.41) is 26.5. The van der Waals surface area contributed by atoms with Gasteiger partial charge in [0, 0.05) is 16.5 Å². The van der Waals surface area contributed by atoms with Crippen LogP contribution in [0.15, 0.2) is 34.1 Å². The van der Waals surface area contributed by atoms with Gasteiger partial charge in [-0.2, -0.15) is 10.5 Å². The summed E-state index contributed by atoms with van der Waals surface area (Å²) in [5.74, 6) is 0.529. The van der Waals surface area contributed by atoms with E-state index in [1.54, 1.807) is 12.1 Å². The number of benzene rings is 1. The van der Waals surface area contributed by atoms with Crippen molar-refractivity contribution in [2.45, 2.75) is 39.0 Å². The third-order valence-electron chi connectivity index (χ3n) is 5.73. The van der Waals surface area contributed by atoms with Crippen LogP contribution in [-0.4, -0.2) is 18.8 Å². The number of amides is 1. The fraction of sp³-hybridized carbons (Fsp3) is 0.409. The largest absolute Gasteiger partial charge is 0.495 e. The highest BCUT2D eigenvalue weighted by Gasteiger charge is 2.45. The molecule has 3 rings (SSSR count). The number of carbonyl (C=O) groups excluding carboxylic acids is 1. The van der Waals surface area contributed by atoms with Crippen molar-refractivity contribution in [3.8, 4) is 17.9 Å². The van der Waals surface area contributed by atoms with Crippen LogP contribution in [0, 0.1) is 35.0 Å². The second-order valence-corrected chi connectivity index (χ2v) is 9.02. The number of ether oxygens (including phenoxy) is 1. The Labute approximate surface area is 191 Å². The van der Waals surface area contributed by atoms with Crippen LogP contribution >= 0.6 is 23.4 Å². The normalized spacial score (nSPS) is 17.6. The van der Waals surface area contributed by atoms with E-state index in [1.165, 1.54) is 18.9 Å². The van der Waals surface area contributed by atoms with Gasteiger partial charge >= 0.3 is 0 Å². The third kappa shape index (κ3) is 4.46. The van der Waals surface area contributed by atoms with Gasteiger partial charge in [-0.25, -0.2) is 0 Å². The first kappa shape index (κ1) is 22.9. The predicted molar refractivity (Wildman–Crippen MR) is 122 cm³/mol. The van der Waals surface area contributed by atoms with E-state index in [2.05, 4.69) is 22.8 Å². The Balaban J connectivity index is 1.81. The van der Waals surface area contributed by atoms with Crippen LogP contribution in [0.25, 0.3) is 0 Å². The Morgan fingerprint density at radius 1 is 1.29 bits per heavy atom. The molecule has 1 amide bonds. The molecule has 31 heavy (non-hydrogen) atoms. The summed E-state index contributed by atoms with van der Waals surface area (Å²) < 4.78 is 5.30. The highest BCUT2D eigenvalue weighted by atomic mass is 35.5. The van der Waals surface area contributed by atoms with Crippen LogP contribution in [-0.2, 0) is 4.79 Å². The summed E-state index contributed by atoms with van der Waals surface area (Å²) in [4.78, 5) is 12.6. The number of aryl methyl sites for hydroxylation is 1. The van der Waals surface area contributed by atoms with Crippen LogP contribution < -0.4 is 21.1 Å². The van der Waals surface area contributed by atoms with E-state index in [0.717, 1.165) is 24.8 Å². The minimum atomic E-state index is -0.660. The number of dihydropyridines is 1. The smallest absolute Gasteiger partial charge is 0.234 e. The number of hydrogen-bond acceptors (Lipinski definition) is 7. The molecule has 0 unspecified atom stereocenters. The van der Waals surface area contributed by atoms with E-state index in [0.29, 0.717) is 45.5 Å². The molecule has 9 heteroatoms. The van der Waals surface area contributed by atoms with Gasteiger partial charge in [0.15, 0.2) is 0 Å². The second kappa shape index (κ2) is 9.55. The van der Waals surface area contributed by atoms with Crippen molar-refractivity contribution >= 4 is 35.0 Å². The van der Waals surface area contributed by atoms with Crippen molar-refractivity contribution in [2.75, 3.05) is 18.2 Å². The molecule has 1 heterocycles. The summed E-state index contributed by atoms with van der Waals surface area (Å²) >= 11 is 7.33. The first-order chi connectivity index (χ1) is 14.9. The quantitative estimate of drug-likeness (QED) is 0.601. The minimum Gasteiger partial charge on any atom is -0.495 e. The van der Waals surface area contributed by atoms with E-state index in [4.69, 9.17) is 22.1 Å². The van der Waals surface area contributed by atoms with Crippen molar-refractivity contribution in [3.05, 3.63) is 44.7 Å². The molecule has 162 valence electrons. The first-order valence-electron chi connectivity index (χ1n) is 9.95. The average Bonchev–Trinajstić information content (AvgIpc) is 2.75. The zero-order chi connectivity index (χ0) is 22.6. The third-order valence-corrected chi connectivity index (χ3v) is 7.14. The van der Waals surface area contributed by atoms with Crippen LogP contribution in [0.3, 0.4) is 0 Å². The maximum Gasteiger partial charge on any atom is 0.234 e. The fourth-order valence-electron chi connectivity index (χ4n) is 4.19. The molecule has 1 saturated carbocycles. The van der Waals surface area contributed by atoms with Crippen molar-refractivity contribution in [1.29, 1.82) is 10.5 Å². The molecular weight excluding hydrogens is 434 g/mol. The summed E-state index contributed by atoms with van der Waals surface area (Å²) in [7, 11) is 1.51. The number of halogens is 1. The lowest BCUT2D eigenvalue weighted by molar-refractivity contribution is -0.113. The topological polar surface area (TPSA) is 124 Å². The number of anilines is 1. The van der Waals surface area contributed by atoms with E-state index >= 15 is 0 Å². The lowest BCUT2D eigenvalue weighted by Gasteiger charge is -2.40. The van der Waals surface area contributed by atoms with Gasteiger partial charge in [0.05, 0.1) is 46.9 Å². The highest BCUT2D eigenvalue weighted by molar-refractivity contribution is 8.03. The Morgan fingerprint density at radius 3 is 2.58 bits per heavy atom. The number of hydrogen-bond donors (Lipinski definition) is 3. The van der Waals surface area contributed by atoms with Gasteiger partial charge < -0.3 is 21.1 Å². The zero-order valence-corrected chi connectivity index (χ0v) is 19.0. The molecule has 0 aromatic heterocycles. The van der Waals surface area contributed by atoms with Gasteiger partial charge in [-0.05, 0) is 31.4 Å². The number of methoxy groups -OCH3 is 1.